The van der Waals surface area contributed by atoms with Gasteiger partial charge in [-0.05, 0) is 82.4 Å². The second-order valence-corrected chi connectivity index (χ2v) is 8.86. The summed E-state index contributed by atoms with van der Waals surface area (Å²) in [4.78, 5) is 24.9. The van der Waals surface area contributed by atoms with Crippen LogP contribution < -0.4 is 20.1 Å². The molecule has 0 atom stereocenters. The quantitative estimate of drug-likeness (QED) is 0.279. The van der Waals surface area contributed by atoms with Gasteiger partial charge in [0, 0.05) is 12.2 Å². The number of ether oxygens (including phenoxy) is 2. The fourth-order valence-corrected chi connectivity index (χ4v) is 3.88. The largest absolute Gasteiger partial charge is 0.493 e. The summed E-state index contributed by atoms with van der Waals surface area (Å²) in [5.74, 6) is -0.133. The maximum absolute atomic E-state index is 12.5. The number of nitrogens with one attached hydrogen (secondary N) is 2. The third kappa shape index (κ3) is 7.20. The lowest BCUT2D eigenvalue weighted by Gasteiger charge is -2.14. The Morgan fingerprint density at radius 2 is 1.81 bits per heavy atom. The van der Waals surface area contributed by atoms with E-state index in [9.17, 15) is 14.9 Å². The Hall–Kier alpha value is -4.09. The number of benzene rings is 3. The van der Waals surface area contributed by atoms with Crippen molar-refractivity contribution < 1.29 is 19.1 Å². The van der Waals surface area contributed by atoms with E-state index in [0.717, 1.165) is 16.7 Å². The number of amides is 2. The van der Waals surface area contributed by atoms with Crippen molar-refractivity contribution in [3.05, 3.63) is 93.0 Å². The Morgan fingerprint density at radius 1 is 1.06 bits per heavy atom. The van der Waals surface area contributed by atoms with Gasteiger partial charge in [0.25, 0.3) is 11.8 Å². The molecule has 0 aliphatic carbocycles. The van der Waals surface area contributed by atoms with Gasteiger partial charge in [0.1, 0.15) is 11.6 Å². The molecule has 0 aromatic heterocycles. The van der Waals surface area contributed by atoms with Crippen LogP contribution in [0, 0.1) is 25.2 Å². The van der Waals surface area contributed by atoms with E-state index >= 15 is 0 Å². The van der Waals surface area contributed by atoms with Crippen LogP contribution in [0.4, 0.5) is 5.69 Å². The maximum Gasteiger partial charge on any atom is 0.262 e. The van der Waals surface area contributed by atoms with E-state index < -0.39 is 5.91 Å². The zero-order chi connectivity index (χ0) is 26.1. The number of carbonyl (C=O) groups excluding carboxylic acids is 2. The van der Waals surface area contributed by atoms with Gasteiger partial charge in [-0.3, -0.25) is 9.59 Å². The molecule has 184 valence electrons. The van der Waals surface area contributed by atoms with Gasteiger partial charge in [-0.2, -0.15) is 5.26 Å². The van der Waals surface area contributed by atoms with Crippen LogP contribution in [-0.4, -0.2) is 25.5 Å². The first-order valence-electron chi connectivity index (χ1n) is 11.1. The number of hydrogen-bond donors (Lipinski definition) is 2. The summed E-state index contributed by atoms with van der Waals surface area (Å²) in [5, 5.41) is 15.1. The Morgan fingerprint density at radius 3 is 2.47 bits per heavy atom. The highest BCUT2D eigenvalue weighted by Crippen LogP contribution is 2.37. The predicted octanol–water partition coefficient (Wildman–Crippen LogP) is 5.32. The van der Waals surface area contributed by atoms with Crippen molar-refractivity contribution in [2.75, 3.05) is 19.0 Å². The Balaban J connectivity index is 1.69. The third-order valence-corrected chi connectivity index (χ3v) is 5.95. The number of rotatable bonds is 9. The van der Waals surface area contributed by atoms with Gasteiger partial charge in [-0.15, -0.1) is 0 Å². The summed E-state index contributed by atoms with van der Waals surface area (Å²) >= 11 is 3.43. The summed E-state index contributed by atoms with van der Waals surface area (Å²) in [7, 11) is 1.47. The molecule has 0 heterocycles. The number of carbonyl (C=O) groups is 2. The van der Waals surface area contributed by atoms with E-state index in [2.05, 4.69) is 26.6 Å². The lowest BCUT2D eigenvalue weighted by atomic mass is 10.1. The first kappa shape index (κ1) is 26.5. The molecule has 8 heteroatoms. The molecular formula is C28H26BrN3O4. The molecule has 2 amide bonds. The van der Waals surface area contributed by atoms with E-state index in [1.165, 1.54) is 13.2 Å². The Labute approximate surface area is 218 Å². The van der Waals surface area contributed by atoms with E-state index in [1.807, 2.05) is 68.4 Å². The van der Waals surface area contributed by atoms with E-state index in [0.29, 0.717) is 33.8 Å². The van der Waals surface area contributed by atoms with Crippen molar-refractivity contribution in [2.24, 2.45) is 0 Å². The normalized spacial score (nSPS) is 10.8. The molecule has 0 saturated carbocycles. The van der Waals surface area contributed by atoms with Crippen molar-refractivity contribution in [1.29, 1.82) is 5.26 Å². The lowest BCUT2D eigenvalue weighted by molar-refractivity contribution is -0.118. The minimum Gasteiger partial charge on any atom is -0.493 e. The summed E-state index contributed by atoms with van der Waals surface area (Å²) in [6, 6.07) is 20.3. The zero-order valence-corrected chi connectivity index (χ0v) is 21.8. The molecule has 0 bridgehead atoms. The monoisotopic (exact) mass is 547 g/mol. The van der Waals surface area contributed by atoms with Crippen LogP contribution in [0.2, 0.25) is 0 Å². The highest BCUT2D eigenvalue weighted by atomic mass is 79.9. The first-order chi connectivity index (χ1) is 17.3. The second-order valence-electron chi connectivity index (χ2n) is 8.01. The molecule has 0 fully saturated rings. The van der Waals surface area contributed by atoms with Gasteiger partial charge < -0.3 is 20.1 Å². The number of nitriles is 1. The number of hydrogen-bond acceptors (Lipinski definition) is 5. The van der Waals surface area contributed by atoms with Gasteiger partial charge in [-0.25, -0.2) is 0 Å². The highest BCUT2D eigenvalue weighted by Gasteiger charge is 2.15. The number of methoxy groups -OCH3 is 1. The minimum atomic E-state index is -0.486. The van der Waals surface area contributed by atoms with Crippen LogP contribution in [0.5, 0.6) is 11.5 Å². The molecule has 0 aliphatic heterocycles. The molecule has 0 radical (unpaired) electrons. The number of halogens is 1. The molecule has 3 rings (SSSR count). The van der Waals surface area contributed by atoms with Gasteiger partial charge in [0.05, 0.1) is 11.6 Å². The summed E-state index contributed by atoms with van der Waals surface area (Å²) in [5.41, 5.74) is 4.33. The standard InChI is InChI=1S/C28H26BrN3O4/c1-18-9-10-23(11-19(18)2)32-26(33)17-36-27-24(29)13-21(14-25(27)35-3)12-22(15-30)28(34)31-16-20-7-5-4-6-8-20/h4-14H,16-17H2,1-3H3,(H,31,34)(H,32,33)/b22-12+. The summed E-state index contributed by atoms with van der Waals surface area (Å²) in [6.07, 6.45) is 1.46. The molecule has 2 N–H and O–H groups in total. The SMILES string of the molecule is COc1cc(/C=C(\C#N)C(=O)NCc2ccccc2)cc(Br)c1OCC(=O)Nc1ccc(C)c(C)c1. The van der Waals surface area contributed by atoms with Crippen LogP contribution in [0.15, 0.2) is 70.7 Å². The van der Waals surface area contributed by atoms with Gasteiger partial charge in [-0.1, -0.05) is 36.4 Å². The van der Waals surface area contributed by atoms with Crippen molar-refractivity contribution in [3.63, 3.8) is 0 Å². The molecule has 7 nitrogen and oxygen atoms in total. The van der Waals surface area contributed by atoms with Gasteiger partial charge in [0.2, 0.25) is 0 Å². The van der Waals surface area contributed by atoms with Crippen molar-refractivity contribution in [2.45, 2.75) is 20.4 Å². The molecular weight excluding hydrogens is 522 g/mol. The minimum absolute atomic E-state index is 0.0543. The Bertz CT molecular complexity index is 1330. The van der Waals surface area contributed by atoms with Crippen molar-refractivity contribution in [3.8, 4) is 17.6 Å². The number of aryl methyl sites for hydroxylation is 2. The smallest absolute Gasteiger partial charge is 0.262 e. The fraction of sp³-hybridized carbons (Fsp3) is 0.179. The molecule has 3 aromatic rings. The summed E-state index contributed by atoms with van der Waals surface area (Å²) in [6.45, 7) is 4.05. The Kier molecular flexibility index (Phi) is 9.25. The zero-order valence-electron chi connectivity index (χ0n) is 20.2. The number of anilines is 1. The van der Waals surface area contributed by atoms with Gasteiger partial charge in [0.15, 0.2) is 18.1 Å². The van der Waals surface area contributed by atoms with Crippen LogP contribution in [0.3, 0.4) is 0 Å². The van der Waals surface area contributed by atoms with Gasteiger partial charge >= 0.3 is 0 Å². The highest BCUT2D eigenvalue weighted by molar-refractivity contribution is 9.10. The van der Waals surface area contributed by atoms with Crippen molar-refractivity contribution >= 4 is 39.5 Å². The average molecular weight is 548 g/mol. The third-order valence-electron chi connectivity index (χ3n) is 5.36. The molecule has 3 aromatic carbocycles. The fourth-order valence-electron chi connectivity index (χ4n) is 3.31. The van der Waals surface area contributed by atoms with Crippen molar-refractivity contribution in [1.82, 2.24) is 5.32 Å². The second kappa shape index (κ2) is 12.6. The van der Waals surface area contributed by atoms with Crippen LogP contribution in [0.25, 0.3) is 6.08 Å². The topological polar surface area (TPSA) is 100 Å². The average Bonchev–Trinajstić information content (AvgIpc) is 2.87. The summed E-state index contributed by atoms with van der Waals surface area (Å²) < 4.78 is 11.7. The molecule has 0 unspecified atom stereocenters. The molecule has 0 aliphatic rings. The van der Waals surface area contributed by atoms with E-state index in [4.69, 9.17) is 9.47 Å². The van der Waals surface area contributed by atoms with E-state index in [-0.39, 0.29) is 18.1 Å². The predicted molar refractivity (Wildman–Crippen MR) is 143 cm³/mol. The molecule has 0 saturated heterocycles. The lowest BCUT2D eigenvalue weighted by Crippen LogP contribution is -2.23. The van der Waals surface area contributed by atoms with E-state index in [1.54, 1.807) is 12.1 Å². The first-order valence-corrected chi connectivity index (χ1v) is 11.9. The molecule has 36 heavy (non-hydrogen) atoms. The van der Waals surface area contributed by atoms with Crippen LogP contribution in [0.1, 0.15) is 22.3 Å². The maximum atomic E-state index is 12.5. The van der Waals surface area contributed by atoms with Crippen LogP contribution in [-0.2, 0) is 16.1 Å². The van der Waals surface area contributed by atoms with Crippen LogP contribution >= 0.6 is 15.9 Å². The molecule has 0 spiro atoms. The number of nitrogens with zero attached hydrogens (tertiary/aromatic N) is 1.